The Bertz CT molecular complexity index is 664. The van der Waals surface area contributed by atoms with Gasteiger partial charge in [0.15, 0.2) is 5.13 Å². The molecule has 1 saturated heterocycles. The number of hydrogen-bond acceptors (Lipinski definition) is 4. The van der Waals surface area contributed by atoms with Gasteiger partial charge in [-0.1, -0.05) is 30.7 Å². The Kier molecular flexibility index (Phi) is 4.57. The lowest BCUT2D eigenvalue weighted by Gasteiger charge is -2.34. The predicted octanol–water partition coefficient (Wildman–Crippen LogP) is 3.27. The molecule has 0 radical (unpaired) electrons. The summed E-state index contributed by atoms with van der Waals surface area (Å²) >= 11 is 1.51. The number of para-hydroxylation sites is 1. The molecule has 0 bridgehead atoms. The summed E-state index contributed by atoms with van der Waals surface area (Å²) in [6, 6.07) is 5.05. The fourth-order valence-electron chi connectivity index (χ4n) is 2.67. The molecule has 3 rings (SSSR count). The molecule has 1 amide bonds. The molecule has 1 aromatic heterocycles. The van der Waals surface area contributed by atoms with Crippen LogP contribution in [0.1, 0.15) is 26.2 Å². The van der Waals surface area contributed by atoms with Gasteiger partial charge in [0.2, 0.25) is 5.91 Å². The van der Waals surface area contributed by atoms with Gasteiger partial charge in [-0.3, -0.25) is 4.79 Å². The molecule has 0 atom stereocenters. The Labute approximate surface area is 133 Å². The van der Waals surface area contributed by atoms with Crippen molar-refractivity contribution in [3.8, 4) is 0 Å². The van der Waals surface area contributed by atoms with E-state index in [-0.39, 0.29) is 11.7 Å². The smallest absolute Gasteiger partial charge is 0.222 e. The molecule has 2 heterocycles. The number of thiazole rings is 1. The summed E-state index contributed by atoms with van der Waals surface area (Å²) in [5.74, 6) is -0.0229. The number of amides is 1. The minimum absolute atomic E-state index is 0.247. The monoisotopic (exact) mass is 321 g/mol. The van der Waals surface area contributed by atoms with Gasteiger partial charge < -0.3 is 9.80 Å². The molecule has 0 saturated carbocycles. The minimum Gasteiger partial charge on any atom is -0.345 e. The third kappa shape index (κ3) is 3.06. The first-order valence-corrected chi connectivity index (χ1v) is 8.58. The molecule has 1 fully saturated rings. The average molecular weight is 321 g/mol. The molecule has 1 aliphatic heterocycles. The minimum atomic E-state index is -0.270. The molecule has 22 heavy (non-hydrogen) atoms. The largest absolute Gasteiger partial charge is 0.345 e. The maximum Gasteiger partial charge on any atom is 0.222 e. The van der Waals surface area contributed by atoms with Crippen molar-refractivity contribution in [2.24, 2.45) is 0 Å². The second-order valence-corrected chi connectivity index (χ2v) is 6.56. The van der Waals surface area contributed by atoms with Crippen LogP contribution in [0.4, 0.5) is 9.52 Å². The fourth-order valence-corrected chi connectivity index (χ4v) is 3.70. The normalized spacial score (nSPS) is 15.5. The molecule has 0 N–H and O–H groups in total. The van der Waals surface area contributed by atoms with Crippen LogP contribution in [0.15, 0.2) is 18.2 Å². The summed E-state index contributed by atoms with van der Waals surface area (Å²) in [5, 5.41) is 0.848. The number of halogens is 1. The highest BCUT2D eigenvalue weighted by molar-refractivity contribution is 7.22. The Hall–Kier alpha value is -1.69. The van der Waals surface area contributed by atoms with Crippen LogP contribution in [0, 0.1) is 5.82 Å². The van der Waals surface area contributed by atoms with Crippen molar-refractivity contribution in [2.75, 3.05) is 31.1 Å². The quantitative estimate of drug-likeness (QED) is 0.867. The standard InChI is InChI=1S/C16H20FN3OS/c1-2-3-7-14(21)19-8-10-20(11-9-19)16-18-15-12(17)5-4-6-13(15)22-16/h4-6H,2-3,7-11H2,1H3. The molecule has 1 aromatic carbocycles. The van der Waals surface area contributed by atoms with Gasteiger partial charge in [0.25, 0.3) is 0 Å². The highest BCUT2D eigenvalue weighted by atomic mass is 32.1. The number of fused-ring (bicyclic) bond motifs is 1. The van der Waals surface area contributed by atoms with Crippen LogP contribution >= 0.6 is 11.3 Å². The van der Waals surface area contributed by atoms with E-state index < -0.39 is 0 Å². The lowest BCUT2D eigenvalue weighted by Crippen LogP contribution is -2.48. The molecule has 4 nitrogen and oxygen atoms in total. The van der Waals surface area contributed by atoms with E-state index in [4.69, 9.17) is 0 Å². The van der Waals surface area contributed by atoms with Crippen molar-refractivity contribution in [3.63, 3.8) is 0 Å². The van der Waals surface area contributed by atoms with Crippen molar-refractivity contribution in [3.05, 3.63) is 24.0 Å². The first-order chi connectivity index (χ1) is 10.7. The van der Waals surface area contributed by atoms with Crippen LogP contribution in [0.2, 0.25) is 0 Å². The first-order valence-electron chi connectivity index (χ1n) is 7.77. The van der Waals surface area contributed by atoms with Crippen LogP contribution in [-0.2, 0) is 4.79 Å². The van der Waals surface area contributed by atoms with E-state index in [0.717, 1.165) is 48.9 Å². The van der Waals surface area contributed by atoms with Crippen LogP contribution in [0.3, 0.4) is 0 Å². The molecule has 0 spiro atoms. The molecule has 0 unspecified atom stereocenters. The number of carbonyl (C=O) groups is 1. The summed E-state index contributed by atoms with van der Waals surface area (Å²) in [4.78, 5) is 20.5. The highest BCUT2D eigenvalue weighted by Gasteiger charge is 2.23. The SMILES string of the molecule is CCCCC(=O)N1CCN(c2nc3c(F)cccc3s2)CC1. The molecular formula is C16H20FN3OS. The topological polar surface area (TPSA) is 36.4 Å². The van der Waals surface area contributed by atoms with E-state index in [0.29, 0.717) is 11.9 Å². The summed E-state index contributed by atoms with van der Waals surface area (Å²) < 4.78 is 14.6. The van der Waals surface area contributed by atoms with Crippen LogP contribution < -0.4 is 4.90 Å². The summed E-state index contributed by atoms with van der Waals surface area (Å²) in [5.41, 5.74) is 0.448. The summed E-state index contributed by atoms with van der Waals surface area (Å²) in [6.07, 6.45) is 2.64. The van der Waals surface area contributed by atoms with Gasteiger partial charge in [-0.05, 0) is 18.6 Å². The number of unbranched alkanes of at least 4 members (excludes halogenated alkanes) is 1. The molecule has 118 valence electrons. The average Bonchev–Trinajstić information content (AvgIpc) is 2.98. The number of aromatic nitrogens is 1. The molecule has 1 aliphatic rings. The van der Waals surface area contributed by atoms with Crippen molar-refractivity contribution in [2.45, 2.75) is 26.2 Å². The first kappa shape index (κ1) is 15.2. The third-order valence-corrected chi connectivity index (χ3v) is 5.09. The lowest BCUT2D eigenvalue weighted by atomic mass is 10.2. The number of benzene rings is 1. The summed E-state index contributed by atoms with van der Waals surface area (Å²) in [6.45, 7) is 5.07. The number of rotatable bonds is 4. The third-order valence-electron chi connectivity index (χ3n) is 4.01. The van der Waals surface area contributed by atoms with E-state index in [9.17, 15) is 9.18 Å². The zero-order valence-electron chi connectivity index (χ0n) is 12.7. The van der Waals surface area contributed by atoms with Gasteiger partial charge in [-0.2, -0.15) is 0 Å². The van der Waals surface area contributed by atoms with Crippen LogP contribution in [0.5, 0.6) is 0 Å². The van der Waals surface area contributed by atoms with Crippen molar-refractivity contribution >= 4 is 32.6 Å². The van der Waals surface area contributed by atoms with Gasteiger partial charge in [0.05, 0.1) is 4.70 Å². The number of nitrogens with zero attached hydrogens (tertiary/aromatic N) is 3. The fraction of sp³-hybridized carbons (Fsp3) is 0.500. The number of hydrogen-bond donors (Lipinski definition) is 0. The van der Waals surface area contributed by atoms with Gasteiger partial charge in [0, 0.05) is 32.6 Å². The summed E-state index contributed by atoms with van der Waals surface area (Å²) in [7, 11) is 0. The number of carbonyl (C=O) groups excluding carboxylic acids is 1. The van der Waals surface area contributed by atoms with E-state index in [2.05, 4.69) is 16.8 Å². The van der Waals surface area contributed by atoms with Gasteiger partial charge in [-0.15, -0.1) is 0 Å². The number of piperazine rings is 1. The van der Waals surface area contributed by atoms with E-state index >= 15 is 0 Å². The van der Waals surface area contributed by atoms with E-state index in [1.54, 1.807) is 6.07 Å². The second kappa shape index (κ2) is 6.60. The van der Waals surface area contributed by atoms with Crippen LogP contribution in [0.25, 0.3) is 10.2 Å². The Balaban J connectivity index is 1.65. The molecule has 6 heteroatoms. The second-order valence-electron chi connectivity index (χ2n) is 5.55. The maximum atomic E-state index is 13.7. The molecule has 2 aromatic rings. The molecule has 0 aliphatic carbocycles. The highest BCUT2D eigenvalue weighted by Crippen LogP contribution is 2.30. The molecular weight excluding hydrogens is 301 g/mol. The maximum absolute atomic E-state index is 13.7. The van der Waals surface area contributed by atoms with E-state index in [1.165, 1.54) is 17.4 Å². The Morgan fingerprint density at radius 2 is 2.09 bits per heavy atom. The van der Waals surface area contributed by atoms with Gasteiger partial charge in [0.1, 0.15) is 11.3 Å². The Morgan fingerprint density at radius 3 is 2.77 bits per heavy atom. The number of anilines is 1. The zero-order valence-corrected chi connectivity index (χ0v) is 13.5. The van der Waals surface area contributed by atoms with Crippen molar-refractivity contribution < 1.29 is 9.18 Å². The van der Waals surface area contributed by atoms with Gasteiger partial charge >= 0.3 is 0 Å². The lowest BCUT2D eigenvalue weighted by molar-refractivity contribution is -0.131. The predicted molar refractivity (Wildman–Crippen MR) is 87.9 cm³/mol. The van der Waals surface area contributed by atoms with Crippen LogP contribution in [-0.4, -0.2) is 42.0 Å². The van der Waals surface area contributed by atoms with Gasteiger partial charge in [-0.25, -0.2) is 9.37 Å². The Morgan fingerprint density at radius 1 is 1.32 bits per heavy atom. The van der Waals surface area contributed by atoms with E-state index in [1.807, 2.05) is 11.0 Å². The van der Waals surface area contributed by atoms with Crippen molar-refractivity contribution in [1.29, 1.82) is 0 Å². The zero-order chi connectivity index (χ0) is 15.5. The van der Waals surface area contributed by atoms with Crippen molar-refractivity contribution in [1.82, 2.24) is 9.88 Å².